The molecular formula is C18H17N5O2. The van der Waals surface area contributed by atoms with Crippen molar-refractivity contribution in [3.05, 3.63) is 65.9 Å². The van der Waals surface area contributed by atoms with Crippen LogP contribution < -0.4 is 9.64 Å². The van der Waals surface area contributed by atoms with Crippen LogP contribution in [0.15, 0.2) is 48.8 Å². The lowest BCUT2D eigenvalue weighted by Gasteiger charge is -2.26. The van der Waals surface area contributed by atoms with Crippen LogP contribution in [0, 0.1) is 6.92 Å². The lowest BCUT2D eigenvalue weighted by molar-refractivity contribution is 0.0961. The Kier molecular flexibility index (Phi) is 3.89. The number of nitrogens with zero attached hydrogens (tertiary/aromatic N) is 5. The zero-order chi connectivity index (χ0) is 17.2. The number of aromatic nitrogens is 4. The Morgan fingerprint density at radius 2 is 1.96 bits per heavy atom. The third-order valence-electron chi connectivity index (χ3n) is 4.00. The van der Waals surface area contributed by atoms with Crippen LogP contribution >= 0.6 is 0 Å². The molecule has 0 radical (unpaired) electrons. The molecule has 7 nitrogen and oxygen atoms in total. The molecule has 0 bridgehead atoms. The van der Waals surface area contributed by atoms with Crippen molar-refractivity contribution in [2.45, 2.75) is 20.1 Å². The topological polar surface area (TPSA) is 73.1 Å². The Labute approximate surface area is 144 Å². The second-order valence-corrected chi connectivity index (χ2v) is 5.82. The molecule has 0 saturated heterocycles. The van der Waals surface area contributed by atoms with E-state index in [-0.39, 0.29) is 5.91 Å². The van der Waals surface area contributed by atoms with Crippen LogP contribution in [-0.2, 0) is 13.2 Å². The van der Waals surface area contributed by atoms with Gasteiger partial charge in [0.05, 0.1) is 24.6 Å². The van der Waals surface area contributed by atoms with Gasteiger partial charge in [-0.1, -0.05) is 18.2 Å². The maximum Gasteiger partial charge on any atom is 0.277 e. The maximum absolute atomic E-state index is 12.7. The van der Waals surface area contributed by atoms with E-state index >= 15 is 0 Å². The molecule has 3 heterocycles. The number of carbonyl (C=O) groups excluding carboxylic acids is 1. The Balaban J connectivity index is 1.51. The molecule has 0 saturated carbocycles. The highest BCUT2D eigenvalue weighted by atomic mass is 16.5. The molecule has 0 spiro atoms. The van der Waals surface area contributed by atoms with Crippen LogP contribution in [0.1, 0.15) is 21.9 Å². The number of rotatable bonds is 4. The first-order valence-electron chi connectivity index (χ1n) is 8.06. The molecule has 3 aromatic rings. The van der Waals surface area contributed by atoms with Crippen LogP contribution in [0.3, 0.4) is 0 Å². The summed E-state index contributed by atoms with van der Waals surface area (Å²) < 4.78 is 7.43. The van der Waals surface area contributed by atoms with Crippen LogP contribution in [-0.4, -0.2) is 32.2 Å². The number of fused-ring (bicyclic) bond motifs is 1. The van der Waals surface area contributed by atoms with Crippen LogP contribution in [0.5, 0.6) is 5.75 Å². The number of anilines is 1. The zero-order valence-electron chi connectivity index (χ0n) is 13.8. The third-order valence-corrected chi connectivity index (χ3v) is 4.00. The van der Waals surface area contributed by atoms with Gasteiger partial charge in [-0.25, -0.2) is 4.98 Å². The van der Waals surface area contributed by atoms with Crippen molar-refractivity contribution in [2.24, 2.45) is 0 Å². The molecule has 25 heavy (non-hydrogen) atoms. The lowest BCUT2D eigenvalue weighted by atomic mass is 10.2. The van der Waals surface area contributed by atoms with Gasteiger partial charge in [-0.15, -0.1) is 0 Å². The monoisotopic (exact) mass is 335 g/mol. The summed E-state index contributed by atoms with van der Waals surface area (Å²) in [6.07, 6.45) is 3.28. The molecule has 4 rings (SSSR count). The van der Waals surface area contributed by atoms with Gasteiger partial charge in [0, 0.05) is 6.54 Å². The van der Waals surface area contributed by atoms with Gasteiger partial charge in [0.2, 0.25) is 0 Å². The van der Waals surface area contributed by atoms with Gasteiger partial charge in [0.25, 0.3) is 5.91 Å². The lowest BCUT2D eigenvalue weighted by Crippen LogP contribution is -2.41. The van der Waals surface area contributed by atoms with Crippen molar-refractivity contribution in [3.63, 3.8) is 0 Å². The minimum atomic E-state index is -0.122. The fourth-order valence-corrected chi connectivity index (χ4v) is 2.74. The summed E-state index contributed by atoms with van der Waals surface area (Å²) in [6, 6.07) is 11.3. The van der Waals surface area contributed by atoms with Gasteiger partial charge in [0.15, 0.2) is 5.82 Å². The first-order valence-corrected chi connectivity index (χ1v) is 8.06. The average Bonchev–Trinajstić information content (AvgIpc) is 3.06. The molecule has 1 aliphatic rings. The van der Waals surface area contributed by atoms with E-state index in [9.17, 15) is 4.79 Å². The Hall–Kier alpha value is -3.22. The number of amides is 1. The predicted octanol–water partition coefficient (Wildman–Crippen LogP) is 2.22. The first-order chi connectivity index (χ1) is 12.2. The summed E-state index contributed by atoms with van der Waals surface area (Å²) in [5.41, 5.74) is 2.09. The van der Waals surface area contributed by atoms with Crippen molar-refractivity contribution in [3.8, 4) is 5.75 Å². The molecule has 0 N–H and O–H groups in total. The number of hydrogen-bond acceptors (Lipinski definition) is 5. The molecule has 126 valence electrons. The smallest absolute Gasteiger partial charge is 0.277 e. The van der Waals surface area contributed by atoms with Gasteiger partial charge in [-0.05, 0) is 25.1 Å². The molecular weight excluding hydrogens is 318 g/mol. The van der Waals surface area contributed by atoms with E-state index in [4.69, 9.17) is 4.74 Å². The fourth-order valence-electron chi connectivity index (χ4n) is 2.74. The van der Waals surface area contributed by atoms with E-state index < -0.39 is 0 Å². The van der Waals surface area contributed by atoms with Crippen LogP contribution in [0.4, 0.5) is 5.82 Å². The van der Waals surface area contributed by atoms with E-state index in [0.717, 1.165) is 17.1 Å². The number of carbonyl (C=O) groups is 1. The molecule has 0 unspecified atom stereocenters. The maximum atomic E-state index is 12.7. The molecule has 0 aliphatic carbocycles. The van der Waals surface area contributed by atoms with Crippen molar-refractivity contribution >= 4 is 11.7 Å². The standard InChI is InChI=1S/C18H17N5O2/c1-13-10-20-17(11-19-13)22-7-8-23-16(18(22)24)9-14(21-23)12-25-15-5-3-2-4-6-15/h2-6,9-11H,7-8,12H2,1H3. The van der Waals surface area contributed by atoms with Crippen LogP contribution in [0.2, 0.25) is 0 Å². The first kappa shape index (κ1) is 15.3. The molecule has 7 heteroatoms. The van der Waals surface area contributed by atoms with E-state index in [0.29, 0.717) is 31.2 Å². The molecule has 2 aromatic heterocycles. The number of para-hydroxylation sites is 1. The minimum Gasteiger partial charge on any atom is -0.487 e. The minimum absolute atomic E-state index is 0.122. The van der Waals surface area contributed by atoms with Gasteiger partial charge < -0.3 is 4.74 Å². The van der Waals surface area contributed by atoms with E-state index in [1.807, 2.05) is 37.3 Å². The van der Waals surface area contributed by atoms with Crippen molar-refractivity contribution < 1.29 is 9.53 Å². The molecule has 0 atom stereocenters. The van der Waals surface area contributed by atoms with E-state index in [1.54, 1.807) is 28.0 Å². The summed E-state index contributed by atoms with van der Waals surface area (Å²) in [7, 11) is 0. The van der Waals surface area contributed by atoms with Crippen molar-refractivity contribution in [1.29, 1.82) is 0 Å². The fraction of sp³-hybridized carbons (Fsp3) is 0.222. The molecule has 0 fully saturated rings. The van der Waals surface area contributed by atoms with Gasteiger partial charge in [-0.2, -0.15) is 5.10 Å². The summed E-state index contributed by atoms with van der Waals surface area (Å²) in [6.45, 7) is 3.32. The number of aryl methyl sites for hydroxylation is 1. The molecule has 1 aromatic carbocycles. The van der Waals surface area contributed by atoms with E-state index in [1.165, 1.54) is 0 Å². The Morgan fingerprint density at radius 1 is 1.12 bits per heavy atom. The Bertz CT molecular complexity index is 890. The molecule has 1 aliphatic heterocycles. The summed E-state index contributed by atoms with van der Waals surface area (Å²) >= 11 is 0. The highest BCUT2D eigenvalue weighted by Gasteiger charge is 2.28. The summed E-state index contributed by atoms with van der Waals surface area (Å²) in [5, 5.41) is 4.47. The number of hydrogen-bond donors (Lipinski definition) is 0. The van der Waals surface area contributed by atoms with Crippen LogP contribution in [0.25, 0.3) is 0 Å². The van der Waals surface area contributed by atoms with Crippen molar-refractivity contribution in [2.75, 3.05) is 11.4 Å². The zero-order valence-corrected chi connectivity index (χ0v) is 13.8. The normalized spacial score (nSPS) is 13.6. The number of ether oxygens (including phenoxy) is 1. The third kappa shape index (κ3) is 3.08. The predicted molar refractivity (Wildman–Crippen MR) is 91.4 cm³/mol. The SMILES string of the molecule is Cc1cnc(N2CCn3nc(COc4ccccc4)cc3C2=O)cn1. The highest BCUT2D eigenvalue weighted by molar-refractivity contribution is 6.05. The summed E-state index contributed by atoms with van der Waals surface area (Å²) in [5.74, 6) is 1.21. The van der Waals surface area contributed by atoms with E-state index in [2.05, 4.69) is 15.1 Å². The summed E-state index contributed by atoms with van der Waals surface area (Å²) in [4.78, 5) is 22.9. The average molecular weight is 335 g/mol. The Morgan fingerprint density at radius 3 is 2.72 bits per heavy atom. The molecule has 1 amide bonds. The quantitative estimate of drug-likeness (QED) is 0.731. The largest absolute Gasteiger partial charge is 0.487 e. The second-order valence-electron chi connectivity index (χ2n) is 5.82. The van der Waals surface area contributed by atoms with Gasteiger partial charge in [-0.3, -0.25) is 19.4 Å². The van der Waals surface area contributed by atoms with Gasteiger partial charge in [0.1, 0.15) is 23.7 Å². The van der Waals surface area contributed by atoms with Crippen molar-refractivity contribution in [1.82, 2.24) is 19.7 Å². The van der Waals surface area contributed by atoms with Gasteiger partial charge >= 0.3 is 0 Å². The number of benzene rings is 1. The second kappa shape index (κ2) is 6.35. The highest BCUT2D eigenvalue weighted by Crippen LogP contribution is 2.20.